The molecule has 0 saturated heterocycles. The lowest BCUT2D eigenvalue weighted by atomic mass is 9.99. The maximum Gasteiger partial charge on any atom is 0.472 e. The number of phosphoric ester groups is 2. The van der Waals surface area contributed by atoms with E-state index < -0.39 is 97.5 Å². The first-order valence-electron chi connectivity index (χ1n) is 38.4. The lowest BCUT2D eigenvalue weighted by Gasteiger charge is -2.21. The molecule has 6 atom stereocenters. The molecule has 0 aromatic heterocycles. The first-order valence-corrected chi connectivity index (χ1v) is 41.4. The number of aliphatic hydroxyl groups excluding tert-OH is 1. The highest BCUT2D eigenvalue weighted by molar-refractivity contribution is 7.47. The van der Waals surface area contributed by atoms with Gasteiger partial charge in [0.15, 0.2) is 12.2 Å². The zero-order chi connectivity index (χ0) is 68.7. The average Bonchev–Trinajstić information content (AvgIpc) is 3.67. The van der Waals surface area contributed by atoms with Crippen LogP contribution in [-0.2, 0) is 65.4 Å². The van der Waals surface area contributed by atoms with Crippen LogP contribution >= 0.6 is 15.6 Å². The summed E-state index contributed by atoms with van der Waals surface area (Å²) >= 11 is 0. The van der Waals surface area contributed by atoms with Crippen LogP contribution in [0, 0.1) is 17.8 Å². The highest BCUT2D eigenvalue weighted by Crippen LogP contribution is 2.45. The number of carbonyl (C=O) groups excluding carboxylic acids is 4. The Hall–Kier alpha value is -1.94. The second-order valence-electron chi connectivity index (χ2n) is 27.9. The highest BCUT2D eigenvalue weighted by atomic mass is 31.2. The fourth-order valence-electron chi connectivity index (χ4n) is 11.2. The number of phosphoric acid groups is 2. The molecule has 0 heterocycles. The van der Waals surface area contributed by atoms with E-state index in [1.54, 1.807) is 0 Å². The molecule has 0 aromatic carbocycles. The van der Waals surface area contributed by atoms with Crippen LogP contribution in [-0.4, -0.2) is 96.7 Å². The molecular weight excluding hydrogens is 1220 g/mol. The molecule has 0 amide bonds. The molecule has 3 N–H and O–H groups in total. The zero-order valence-corrected chi connectivity index (χ0v) is 62.5. The van der Waals surface area contributed by atoms with Crippen molar-refractivity contribution in [2.75, 3.05) is 39.6 Å². The van der Waals surface area contributed by atoms with Gasteiger partial charge in [-0.3, -0.25) is 37.3 Å². The van der Waals surface area contributed by atoms with Gasteiger partial charge < -0.3 is 33.8 Å². The van der Waals surface area contributed by atoms with Gasteiger partial charge in [0, 0.05) is 25.7 Å². The van der Waals surface area contributed by atoms with Gasteiger partial charge in [0.25, 0.3) is 0 Å². The van der Waals surface area contributed by atoms with Gasteiger partial charge in [-0.2, -0.15) is 0 Å². The molecule has 552 valence electrons. The summed E-state index contributed by atoms with van der Waals surface area (Å²) < 4.78 is 68.3. The first kappa shape index (κ1) is 91.1. The average molecular weight is 1370 g/mol. The second-order valence-corrected chi connectivity index (χ2v) is 30.8. The van der Waals surface area contributed by atoms with Gasteiger partial charge in [-0.25, -0.2) is 9.13 Å². The maximum atomic E-state index is 13.1. The van der Waals surface area contributed by atoms with Crippen molar-refractivity contribution in [1.29, 1.82) is 0 Å². The van der Waals surface area contributed by atoms with Crippen molar-refractivity contribution in [3.8, 4) is 0 Å². The van der Waals surface area contributed by atoms with E-state index >= 15 is 0 Å². The molecule has 0 spiro atoms. The van der Waals surface area contributed by atoms with E-state index in [0.717, 1.165) is 115 Å². The fraction of sp³-hybridized carbons (Fsp3) is 0.946. The van der Waals surface area contributed by atoms with Gasteiger partial charge in [-0.15, -0.1) is 0 Å². The molecule has 19 heteroatoms. The van der Waals surface area contributed by atoms with E-state index in [2.05, 4.69) is 48.5 Å². The summed E-state index contributed by atoms with van der Waals surface area (Å²) in [5.41, 5.74) is 0. The van der Waals surface area contributed by atoms with Crippen molar-refractivity contribution in [1.82, 2.24) is 0 Å². The first-order chi connectivity index (χ1) is 44.8. The Kier molecular flexibility index (Phi) is 63.4. The summed E-state index contributed by atoms with van der Waals surface area (Å²) in [4.78, 5) is 72.5. The number of hydrogen-bond donors (Lipinski definition) is 3. The Morgan fingerprint density at radius 2 is 0.548 bits per heavy atom. The van der Waals surface area contributed by atoms with Crippen LogP contribution in [0.5, 0.6) is 0 Å². The molecule has 0 rings (SSSR count). The Bertz CT molecular complexity index is 1820. The number of hydrogen-bond acceptors (Lipinski definition) is 15. The molecule has 3 unspecified atom stereocenters. The van der Waals surface area contributed by atoms with Gasteiger partial charge in [0.1, 0.15) is 19.3 Å². The van der Waals surface area contributed by atoms with Gasteiger partial charge in [0.05, 0.1) is 26.4 Å². The van der Waals surface area contributed by atoms with Crippen LogP contribution < -0.4 is 0 Å². The number of carbonyl (C=O) groups is 4. The van der Waals surface area contributed by atoms with Crippen LogP contribution in [0.1, 0.15) is 376 Å². The van der Waals surface area contributed by atoms with E-state index in [0.29, 0.717) is 31.6 Å². The van der Waals surface area contributed by atoms with Crippen LogP contribution in [0.3, 0.4) is 0 Å². The molecule has 0 saturated carbocycles. The highest BCUT2D eigenvalue weighted by Gasteiger charge is 2.30. The van der Waals surface area contributed by atoms with Crippen LogP contribution in [0.25, 0.3) is 0 Å². The molecule has 17 nitrogen and oxygen atoms in total. The summed E-state index contributed by atoms with van der Waals surface area (Å²) in [6, 6.07) is 0. The van der Waals surface area contributed by atoms with Crippen LogP contribution in [0.4, 0.5) is 0 Å². The van der Waals surface area contributed by atoms with Crippen LogP contribution in [0.2, 0.25) is 0 Å². The number of rotatable bonds is 72. The predicted molar refractivity (Wildman–Crippen MR) is 377 cm³/mol. The minimum absolute atomic E-state index is 0.102. The van der Waals surface area contributed by atoms with Gasteiger partial charge in [0.2, 0.25) is 0 Å². The Morgan fingerprint density at radius 1 is 0.312 bits per heavy atom. The van der Waals surface area contributed by atoms with Crippen molar-refractivity contribution in [2.24, 2.45) is 17.8 Å². The van der Waals surface area contributed by atoms with E-state index in [9.17, 15) is 43.2 Å². The smallest absolute Gasteiger partial charge is 0.462 e. The standard InChI is InChI=1S/C74H144O17P2/c1-8-10-11-12-31-41-48-55-71(76)84-61-70(91-74(79)58-51-44-37-36-39-46-53-66(5)6)64-89-93(82,83)87-60-68(75)59-86-92(80,81)88-63-69(62-85-72(77)56-49-42-34-29-25-21-18-17-20-24-28-33-40-47-54-67(7)9-2)90-73(78)57-50-43-35-30-26-22-16-14-13-15-19-23-27-32-38-45-52-65(3)4/h65-70,75H,8-64H2,1-7H3,(H,80,81)(H,82,83)/t67?,68-,69-,70-/m1/s1. The summed E-state index contributed by atoms with van der Waals surface area (Å²) in [5, 5.41) is 10.6. The van der Waals surface area contributed by atoms with Crippen molar-refractivity contribution in [3.05, 3.63) is 0 Å². The van der Waals surface area contributed by atoms with E-state index in [1.165, 1.54) is 173 Å². The topological polar surface area (TPSA) is 237 Å². The van der Waals surface area contributed by atoms with E-state index in [-0.39, 0.29) is 25.7 Å². The van der Waals surface area contributed by atoms with Crippen molar-refractivity contribution in [3.63, 3.8) is 0 Å². The molecular formula is C74H144O17P2. The SMILES string of the molecule is CCCCCCCCCC(=O)OC[C@H](COP(=O)(O)OC[C@H](O)COP(=O)(O)OC[C@@H](COC(=O)CCCCCCCCCCCCCCCCC(C)CC)OC(=O)CCCCCCCCCCCCCCCCCCC(C)C)OC(=O)CCCCCCCCC(C)C. The molecule has 93 heavy (non-hydrogen) atoms. The molecule has 0 aliphatic heterocycles. The lowest BCUT2D eigenvalue weighted by molar-refractivity contribution is -0.161. The molecule has 0 aliphatic rings. The third kappa shape index (κ3) is 67.0. The minimum Gasteiger partial charge on any atom is -0.462 e. The third-order valence-corrected chi connectivity index (χ3v) is 19.4. The van der Waals surface area contributed by atoms with Gasteiger partial charge in [-0.1, -0.05) is 325 Å². The molecule has 0 aliphatic carbocycles. The minimum atomic E-state index is -4.96. The van der Waals surface area contributed by atoms with Crippen molar-refractivity contribution in [2.45, 2.75) is 394 Å². The number of aliphatic hydroxyl groups is 1. The fourth-order valence-corrected chi connectivity index (χ4v) is 12.8. The summed E-state index contributed by atoms with van der Waals surface area (Å²) in [7, 11) is -9.90. The van der Waals surface area contributed by atoms with E-state index in [1.807, 2.05) is 0 Å². The summed E-state index contributed by atoms with van der Waals surface area (Å²) in [5.74, 6) is 0.199. The normalized spacial score (nSPS) is 14.4. The zero-order valence-electron chi connectivity index (χ0n) is 60.7. The Balaban J connectivity index is 5.17. The summed E-state index contributed by atoms with van der Waals surface area (Å²) in [6.07, 6.45) is 50.3. The summed E-state index contributed by atoms with van der Waals surface area (Å²) in [6.45, 7) is 11.8. The van der Waals surface area contributed by atoms with E-state index in [4.69, 9.17) is 37.0 Å². The number of ether oxygens (including phenoxy) is 4. The largest absolute Gasteiger partial charge is 0.472 e. The Morgan fingerprint density at radius 3 is 0.817 bits per heavy atom. The second kappa shape index (κ2) is 64.7. The van der Waals surface area contributed by atoms with Crippen LogP contribution in [0.15, 0.2) is 0 Å². The maximum absolute atomic E-state index is 13.1. The van der Waals surface area contributed by atoms with Crippen molar-refractivity contribution < 1.29 is 80.2 Å². The molecule has 0 radical (unpaired) electrons. The van der Waals surface area contributed by atoms with Gasteiger partial charge in [-0.05, 0) is 43.4 Å². The molecule has 0 bridgehead atoms. The number of esters is 4. The third-order valence-electron chi connectivity index (χ3n) is 17.5. The van der Waals surface area contributed by atoms with Crippen molar-refractivity contribution >= 4 is 39.5 Å². The predicted octanol–water partition coefficient (Wildman–Crippen LogP) is 21.4. The lowest BCUT2D eigenvalue weighted by Crippen LogP contribution is -2.30. The Labute approximate surface area is 568 Å². The number of unbranched alkanes of at least 4 members (excludes halogenated alkanes) is 39. The molecule has 0 aromatic rings. The van der Waals surface area contributed by atoms with Gasteiger partial charge >= 0.3 is 39.5 Å². The molecule has 0 fully saturated rings. The quantitative estimate of drug-likeness (QED) is 0.0222. The monoisotopic (exact) mass is 1370 g/mol.